The number of hydrogen-bond acceptors (Lipinski definition) is 7. The van der Waals surface area contributed by atoms with Crippen LogP contribution in [0.1, 0.15) is 44.0 Å². The highest BCUT2D eigenvalue weighted by Gasteiger charge is 2.29. The van der Waals surface area contributed by atoms with E-state index in [2.05, 4.69) is 15.5 Å². The highest BCUT2D eigenvalue weighted by molar-refractivity contribution is 5.94. The second-order valence-electron chi connectivity index (χ2n) is 8.67. The van der Waals surface area contributed by atoms with E-state index in [0.717, 1.165) is 19.4 Å². The van der Waals surface area contributed by atoms with E-state index < -0.39 is 5.60 Å². The zero-order valence-electron chi connectivity index (χ0n) is 18.4. The molecule has 9 nitrogen and oxygen atoms in total. The lowest BCUT2D eigenvalue weighted by atomic mass is 10.0. The summed E-state index contributed by atoms with van der Waals surface area (Å²) in [6, 6.07) is 1.98. The van der Waals surface area contributed by atoms with Gasteiger partial charge in [0.05, 0.1) is 11.8 Å². The number of rotatable bonds is 6. The van der Waals surface area contributed by atoms with E-state index in [1.54, 1.807) is 11.0 Å². The molecular weight excluding hydrogens is 372 g/mol. The molecule has 0 atom stereocenters. The number of aromatic nitrogens is 2. The van der Waals surface area contributed by atoms with Gasteiger partial charge in [0.2, 0.25) is 0 Å². The van der Waals surface area contributed by atoms with E-state index in [-0.39, 0.29) is 18.0 Å². The standard InChI is InChI=1S/C20H34N6O3/c1-20(2,3)29-19(28)26-10-7-16(8-11-26)25(6)17-13-15(14-22-23-17)18(27)21-9-12-24(4)5/h13-14,16H,7-12H2,1-6H3,(H,21,27). The quantitative estimate of drug-likeness (QED) is 0.767. The van der Waals surface area contributed by atoms with Gasteiger partial charge in [0.25, 0.3) is 5.91 Å². The Kier molecular flexibility index (Phi) is 7.78. The molecule has 0 radical (unpaired) electrons. The SMILES string of the molecule is CN(C)CCNC(=O)c1cnnc(N(C)C2CCN(C(=O)OC(C)(C)C)CC2)c1. The number of nitrogens with one attached hydrogen (secondary N) is 1. The van der Waals surface area contributed by atoms with Crippen molar-refractivity contribution in [1.29, 1.82) is 0 Å². The Bertz CT molecular complexity index is 696. The average molecular weight is 407 g/mol. The topological polar surface area (TPSA) is 90.9 Å². The highest BCUT2D eigenvalue weighted by Crippen LogP contribution is 2.22. The van der Waals surface area contributed by atoms with E-state index in [4.69, 9.17) is 4.74 Å². The number of anilines is 1. The molecule has 1 N–H and O–H groups in total. The number of carbonyl (C=O) groups is 2. The Morgan fingerprint density at radius 3 is 2.48 bits per heavy atom. The smallest absolute Gasteiger partial charge is 0.410 e. The molecule has 0 saturated carbocycles. The highest BCUT2D eigenvalue weighted by atomic mass is 16.6. The van der Waals surface area contributed by atoms with Gasteiger partial charge in [-0.15, -0.1) is 5.10 Å². The van der Waals surface area contributed by atoms with Crippen LogP contribution in [-0.4, -0.2) is 91.0 Å². The molecule has 1 aromatic heterocycles. The lowest BCUT2D eigenvalue weighted by Crippen LogP contribution is -2.47. The Balaban J connectivity index is 1.92. The monoisotopic (exact) mass is 406 g/mol. The predicted molar refractivity (Wildman–Crippen MR) is 112 cm³/mol. The van der Waals surface area contributed by atoms with Gasteiger partial charge < -0.3 is 24.8 Å². The summed E-state index contributed by atoms with van der Waals surface area (Å²) in [7, 11) is 5.87. The van der Waals surface area contributed by atoms with Crippen LogP contribution in [0.25, 0.3) is 0 Å². The summed E-state index contributed by atoms with van der Waals surface area (Å²) in [6.45, 7) is 8.20. The second-order valence-corrected chi connectivity index (χ2v) is 8.67. The number of hydrogen-bond donors (Lipinski definition) is 1. The first-order valence-electron chi connectivity index (χ1n) is 10.0. The average Bonchev–Trinajstić information content (AvgIpc) is 2.66. The van der Waals surface area contributed by atoms with Gasteiger partial charge in [-0.25, -0.2) is 4.79 Å². The molecule has 2 rings (SSSR count). The van der Waals surface area contributed by atoms with Crippen molar-refractivity contribution < 1.29 is 14.3 Å². The number of likely N-dealkylation sites (tertiary alicyclic amines) is 1. The number of piperidine rings is 1. The van der Waals surface area contributed by atoms with Gasteiger partial charge in [0.1, 0.15) is 5.60 Å². The maximum atomic E-state index is 12.3. The van der Waals surface area contributed by atoms with Crippen LogP contribution in [0.2, 0.25) is 0 Å². The minimum atomic E-state index is -0.492. The predicted octanol–water partition coefficient (Wildman–Crippen LogP) is 1.60. The van der Waals surface area contributed by atoms with Crippen molar-refractivity contribution in [2.75, 3.05) is 52.2 Å². The van der Waals surface area contributed by atoms with E-state index in [1.165, 1.54) is 6.20 Å². The van der Waals surface area contributed by atoms with Crippen molar-refractivity contribution in [3.63, 3.8) is 0 Å². The third-order valence-electron chi connectivity index (χ3n) is 4.77. The van der Waals surface area contributed by atoms with Gasteiger partial charge in [0.15, 0.2) is 5.82 Å². The van der Waals surface area contributed by atoms with Gasteiger partial charge in [-0.05, 0) is 53.8 Å². The normalized spacial score (nSPS) is 15.3. The van der Waals surface area contributed by atoms with Crippen LogP contribution in [0.5, 0.6) is 0 Å². The molecule has 1 fully saturated rings. The molecule has 2 amide bonds. The van der Waals surface area contributed by atoms with Gasteiger partial charge in [-0.2, -0.15) is 5.10 Å². The Morgan fingerprint density at radius 2 is 1.90 bits per heavy atom. The Morgan fingerprint density at radius 1 is 1.24 bits per heavy atom. The lowest BCUT2D eigenvalue weighted by Gasteiger charge is -2.37. The minimum Gasteiger partial charge on any atom is -0.444 e. The molecule has 0 aromatic carbocycles. The molecule has 1 aromatic rings. The fraction of sp³-hybridized carbons (Fsp3) is 0.700. The number of ether oxygens (including phenoxy) is 1. The maximum Gasteiger partial charge on any atom is 0.410 e. The van der Waals surface area contributed by atoms with Crippen molar-refractivity contribution in [3.8, 4) is 0 Å². The van der Waals surface area contributed by atoms with Crippen LogP contribution < -0.4 is 10.2 Å². The molecule has 29 heavy (non-hydrogen) atoms. The minimum absolute atomic E-state index is 0.156. The van der Waals surface area contributed by atoms with Crippen molar-refractivity contribution >= 4 is 17.8 Å². The fourth-order valence-corrected chi connectivity index (χ4v) is 3.10. The molecule has 1 aliphatic heterocycles. The largest absolute Gasteiger partial charge is 0.444 e. The van der Waals surface area contributed by atoms with Crippen LogP contribution in [0.15, 0.2) is 12.3 Å². The van der Waals surface area contributed by atoms with Crippen LogP contribution in [0.4, 0.5) is 10.6 Å². The van der Waals surface area contributed by atoms with Crippen molar-refractivity contribution in [2.24, 2.45) is 0 Å². The summed E-state index contributed by atoms with van der Waals surface area (Å²) in [5.74, 6) is 0.497. The third kappa shape index (κ3) is 7.16. The van der Waals surface area contributed by atoms with E-state index >= 15 is 0 Å². The zero-order valence-corrected chi connectivity index (χ0v) is 18.4. The van der Waals surface area contributed by atoms with Crippen molar-refractivity contribution in [1.82, 2.24) is 25.3 Å². The van der Waals surface area contributed by atoms with Crippen molar-refractivity contribution in [3.05, 3.63) is 17.8 Å². The van der Waals surface area contributed by atoms with Crippen LogP contribution >= 0.6 is 0 Å². The summed E-state index contributed by atoms with van der Waals surface area (Å²) < 4.78 is 5.45. The molecule has 9 heteroatoms. The van der Waals surface area contributed by atoms with Gasteiger partial charge in [-0.3, -0.25) is 4.79 Å². The number of amides is 2. The third-order valence-corrected chi connectivity index (χ3v) is 4.77. The second kappa shape index (κ2) is 9.87. The van der Waals surface area contributed by atoms with Gasteiger partial charge in [-0.1, -0.05) is 0 Å². The Labute approximate surface area is 173 Å². The number of likely N-dealkylation sites (N-methyl/N-ethyl adjacent to an activating group) is 1. The van der Waals surface area contributed by atoms with E-state index in [1.807, 2.05) is 51.7 Å². The number of nitrogens with zero attached hydrogens (tertiary/aromatic N) is 5. The molecule has 0 aliphatic carbocycles. The molecular formula is C20H34N6O3. The summed E-state index contributed by atoms with van der Waals surface area (Å²) in [5.41, 5.74) is 0.000212. The van der Waals surface area contributed by atoms with Crippen molar-refractivity contribution in [2.45, 2.75) is 45.3 Å². The summed E-state index contributed by atoms with van der Waals surface area (Å²) in [5, 5.41) is 11.1. The first kappa shape index (κ1) is 22.9. The molecule has 1 aliphatic rings. The summed E-state index contributed by atoms with van der Waals surface area (Å²) in [6.07, 6.45) is 2.82. The van der Waals surface area contributed by atoms with Gasteiger partial charge in [0, 0.05) is 39.3 Å². The first-order chi connectivity index (χ1) is 13.6. The van der Waals surface area contributed by atoms with Gasteiger partial charge >= 0.3 is 6.09 Å². The van der Waals surface area contributed by atoms with Crippen LogP contribution in [-0.2, 0) is 4.74 Å². The zero-order chi connectivity index (χ0) is 21.6. The molecule has 2 heterocycles. The first-order valence-corrected chi connectivity index (χ1v) is 10.0. The Hall–Kier alpha value is -2.42. The molecule has 0 bridgehead atoms. The molecule has 0 unspecified atom stereocenters. The van der Waals surface area contributed by atoms with E-state index in [9.17, 15) is 9.59 Å². The van der Waals surface area contributed by atoms with Crippen LogP contribution in [0.3, 0.4) is 0 Å². The fourth-order valence-electron chi connectivity index (χ4n) is 3.10. The lowest BCUT2D eigenvalue weighted by molar-refractivity contribution is 0.0205. The molecule has 0 spiro atoms. The van der Waals surface area contributed by atoms with E-state index in [0.29, 0.717) is 31.0 Å². The summed E-state index contributed by atoms with van der Waals surface area (Å²) in [4.78, 5) is 30.4. The molecule has 1 saturated heterocycles. The summed E-state index contributed by atoms with van der Waals surface area (Å²) >= 11 is 0. The molecule has 162 valence electrons. The maximum absolute atomic E-state index is 12.3. The number of carbonyl (C=O) groups excluding carboxylic acids is 2. The van der Waals surface area contributed by atoms with Crippen LogP contribution in [0, 0.1) is 0 Å².